The number of aryl methyl sites for hydroxylation is 1. The number of benzene rings is 1. The number of anilines is 1. The van der Waals surface area contributed by atoms with Gasteiger partial charge in [-0.2, -0.15) is 0 Å². The fourth-order valence-electron chi connectivity index (χ4n) is 1.77. The Morgan fingerprint density at radius 2 is 2.05 bits per heavy atom. The standard InChI is InChI=1S/C13H12N2O5S/c1-8-5-11(16)10(13(17)18)6-12(8)21(19,20)15-9-3-2-4-14-7-9/h2-7,15-16H,1H3,(H,17,18). The summed E-state index contributed by atoms with van der Waals surface area (Å²) in [6, 6.07) is 5.09. The molecule has 1 aromatic carbocycles. The fourth-order valence-corrected chi connectivity index (χ4v) is 3.06. The summed E-state index contributed by atoms with van der Waals surface area (Å²) in [4.78, 5) is 14.5. The van der Waals surface area contributed by atoms with E-state index in [9.17, 15) is 18.3 Å². The highest BCUT2D eigenvalue weighted by atomic mass is 32.2. The minimum Gasteiger partial charge on any atom is -0.507 e. The molecule has 0 aliphatic heterocycles. The Morgan fingerprint density at radius 1 is 1.33 bits per heavy atom. The lowest BCUT2D eigenvalue weighted by atomic mass is 10.1. The zero-order valence-electron chi connectivity index (χ0n) is 10.9. The number of pyridine rings is 1. The molecule has 1 heterocycles. The zero-order valence-corrected chi connectivity index (χ0v) is 11.8. The number of carbonyl (C=O) groups is 1. The molecule has 1 aromatic heterocycles. The fraction of sp³-hybridized carbons (Fsp3) is 0.0769. The molecule has 0 aliphatic rings. The Labute approximate surface area is 120 Å². The van der Waals surface area contributed by atoms with Gasteiger partial charge >= 0.3 is 5.97 Å². The van der Waals surface area contributed by atoms with Gasteiger partial charge in [-0.15, -0.1) is 0 Å². The summed E-state index contributed by atoms with van der Waals surface area (Å²) in [6.45, 7) is 1.46. The molecule has 3 N–H and O–H groups in total. The first-order chi connectivity index (χ1) is 9.81. The first-order valence-corrected chi connectivity index (χ1v) is 7.29. The van der Waals surface area contributed by atoms with Crippen LogP contribution in [-0.2, 0) is 10.0 Å². The van der Waals surface area contributed by atoms with Crippen molar-refractivity contribution < 1.29 is 23.4 Å². The van der Waals surface area contributed by atoms with Gasteiger partial charge in [0.15, 0.2) is 0 Å². The van der Waals surface area contributed by atoms with Crippen molar-refractivity contribution in [2.75, 3.05) is 4.72 Å². The van der Waals surface area contributed by atoms with Crippen molar-refractivity contribution in [3.8, 4) is 5.75 Å². The summed E-state index contributed by atoms with van der Waals surface area (Å²) >= 11 is 0. The summed E-state index contributed by atoms with van der Waals surface area (Å²) < 4.78 is 26.9. The number of phenols is 1. The second-order valence-corrected chi connectivity index (χ2v) is 5.94. The monoisotopic (exact) mass is 308 g/mol. The van der Waals surface area contributed by atoms with Crippen LogP contribution in [0.1, 0.15) is 15.9 Å². The SMILES string of the molecule is Cc1cc(O)c(C(=O)O)cc1S(=O)(=O)Nc1cccnc1. The van der Waals surface area contributed by atoms with Crippen molar-refractivity contribution in [1.29, 1.82) is 0 Å². The predicted molar refractivity (Wildman–Crippen MR) is 74.8 cm³/mol. The third-order valence-electron chi connectivity index (χ3n) is 2.73. The molecule has 2 rings (SSSR count). The number of rotatable bonds is 4. The third-order valence-corrected chi connectivity index (χ3v) is 4.25. The Morgan fingerprint density at radius 3 is 2.62 bits per heavy atom. The lowest BCUT2D eigenvalue weighted by Gasteiger charge is -2.11. The molecule has 0 amide bonds. The number of hydrogen-bond acceptors (Lipinski definition) is 5. The lowest BCUT2D eigenvalue weighted by molar-refractivity contribution is 0.0693. The van der Waals surface area contributed by atoms with Crippen molar-refractivity contribution in [1.82, 2.24) is 4.98 Å². The molecule has 21 heavy (non-hydrogen) atoms. The van der Waals surface area contributed by atoms with Gasteiger partial charge in [0.2, 0.25) is 0 Å². The van der Waals surface area contributed by atoms with E-state index < -0.39 is 27.3 Å². The molecule has 0 unspecified atom stereocenters. The number of aromatic hydroxyl groups is 1. The van der Waals surface area contributed by atoms with Crippen LogP contribution in [0.4, 0.5) is 5.69 Å². The molecule has 0 radical (unpaired) electrons. The number of nitrogens with one attached hydrogen (secondary N) is 1. The van der Waals surface area contributed by atoms with Crippen LogP contribution in [0.2, 0.25) is 0 Å². The van der Waals surface area contributed by atoms with Gasteiger partial charge in [0, 0.05) is 6.20 Å². The van der Waals surface area contributed by atoms with Crippen LogP contribution in [0.15, 0.2) is 41.6 Å². The number of sulfonamides is 1. The van der Waals surface area contributed by atoms with Gasteiger partial charge in [-0.25, -0.2) is 13.2 Å². The van der Waals surface area contributed by atoms with Crippen molar-refractivity contribution in [2.45, 2.75) is 11.8 Å². The minimum atomic E-state index is -3.98. The smallest absolute Gasteiger partial charge is 0.339 e. The van der Waals surface area contributed by atoms with Gasteiger partial charge in [-0.3, -0.25) is 9.71 Å². The third kappa shape index (κ3) is 3.11. The second kappa shape index (κ2) is 5.41. The maximum Gasteiger partial charge on any atom is 0.339 e. The molecule has 0 bridgehead atoms. The quantitative estimate of drug-likeness (QED) is 0.789. The molecule has 8 heteroatoms. The first-order valence-electron chi connectivity index (χ1n) is 5.81. The van der Waals surface area contributed by atoms with Crippen LogP contribution in [0.5, 0.6) is 5.75 Å². The first kappa shape index (κ1) is 14.8. The average Bonchev–Trinajstić information content (AvgIpc) is 2.38. The van der Waals surface area contributed by atoms with Gasteiger partial charge in [0.25, 0.3) is 10.0 Å². The molecule has 0 aliphatic carbocycles. The molecule has 0 saturated carbocycles. The van der Waals surface area contributed by atoms with E-state index >= 15 is 0 Å². The molecule has 2 aromatic rings. The number of aromatic nitrogens is 1. The Balaban J connectivity index is 2.50. The molecule has 0 spiro atoms. The van der Waals surface area contributed by atoms with Crippen LogP contribution in [0.3, 0.4) is 0 Å². The van der Waals surface area contributed by atoms with Gasteiger partial charge in [0.05, 0.1) is 16.8 Å². The van der Waals surface area contributed by atoms with Crippen molar-refractivity contribution in [3.05, 3.63) is 47.8 Å². The largest absolute Gasteiger partial charge is 0.507 e. The van der Waals surface area contributed by atoms with Crippen molar-refractivity contribution >= 4 is 21.7 Å². The molecular weight excluding hydrogens is 296 g/mol. The van der Waals surface area contributed by atoms with Crippen LogP contribution in [-0.4, -0.2) is 29.6 Å². The summed E-state index contributed by atoms with van der Waals surface area (Å²) in [5, 5.41) is 18.5. The van der Waals surface area contributed by atoms with E-state index in [2.05, 4.69) is 9.71 Å². The van der Waals surface area contributed by atoms with Crippen molar-refractivity contribution in [2.24, 2.45) is 0 Å². The summed E-state index contributed by atoms with van der Waals surface area (Å²) in [6.07, 6.45) is 2.82. The maximum atomic E-state index is 12.3. The second-order valence-electron chi connectivity index (χ2n) is 4.29. The van der Waals surface area contributed by atoms with Crippen LogP contribution in [0.25, 0.3) is 0 Å². The maximum absolute atomic E-state index is 12.3. The highest BCUT2D eigenvalue weighted by Crippen LogP contribution is 2.26. The highest BCUT2D eigenvalue weighted by molar-refractivity contribution is 7.92. The molecule has 0 atom stereocenters. The average molecular weight is 308 g/mol. The topological polar surface area (TPSA) is 117 Å². The number of carboxylic acids is 1. The van der Waals surface area contributed by atoms with E-state index in [0.29, 0.717) is 0 Å². The molecular formula is C13H12N2O5S. The van der Waals surface area contributed by atoms with Crippen LogP contribution in [0, 0.1) is 6.92 Å². The van der Waals surface area contributed by atoms with E-state index in [0.717, 1.165) is 12.1 Å². The normalized spacial score (nSPS) is 11.1. The molecule has 0 fully saturated rings. The predicted octanol–water partition coefficient (Wildman–Crippen LogP) is 1.59. The van der Waals surface area contributed by atoms with Gasteiger partial charge in [-0.05, 0) is 36.8 Å². The Kier molecular flexibility index (Phi) is 3.81. The van der Waals surface area contributed by atoms with E-state index in [1.807, 2.05) is 0 Å². The zero-order chi connectivity index (χ0) is 15.6. The van der Waals surface area contributed by atoms with E-state index in [1.165, 1.54) is 25.4 Å². The molecule has 7 nitrogen and oxygen atoms in total. The van der Waals surface area contributed by atoms with Crippen molar-refractivity contribution in [3.63, 3.8) is 0 Å². The summed E-state index contributed by atoms with van der Waals surface area (Å²) in [5.74, 6) is -1.90. The van der Waals surface area contributed by atoms with E-state index in [1.54, 1.807) is 6.07 Å². The van der Waals surface area contributed by atoms with Gasteiger partial charge in [0.1, 0.15) is 11.3 Å². The number of hydrogen-bond donors (Lipinski definition) is 3. The number of aromatic carboxylic acids is 1. The molecule has 110 valence electrons. The van der Waals surface area contributed by atoms with Crippen LogP contribution < -0.4 is 4.72 Å². The van der Waals surface area contributed by atoms with Gasteiger partial charge < -0.3 is 10.2 Å². The minimum absolute atomic E-state index is 0.221. The Hall–Kier alpha value is -2.61. The van der Waals surface area contributed by atoms with Gasteiger partial charge in [-0.1, -0.05) is 0 Å². The molecule has 0 saturated heterocycles. The van der Waals surface area contributed by atoms with E-state index in [-0.39, 0.29) is 16.1 Å². The van der Waals surface area contributed by atoms with Crippen LogP contribution >= 0.6 is 0 Å². The number of carboxylic acid groups (broad SMARTS) is 1. The lowest BCUT2D eigenvalue weighted by Crippen LogP contribution is -2.15. The van der Waals surface area contributed by atoms with E-state index in [4.69, 9.17) is 5.11 Å². The summed E-state index contributed by atoms with van der Waals surface area (Å²) in [7, 11) is -3.98. The number of nitrogens with zero attached hydrogens (tertiary/aromatic N) is 1. The highest BCUT2D eigenvalue weighted by Gasteiger charge is 2.21. The Bertz CT molecular complexity index is 788. The summed E-state index contributed by atoms with van der Waals surface area (Å²) in [5.41, 5.74) is 0.00269.